The predicted octanol–water partition coefficient (Wildman–Crippen LogP) is 3.11. The van der Waals surface area contributed by atoms with Crippen molar-refractivity contribution in [2.75, 3.05) is 22.1 Å². The monoisotopic (exact) mass is 377 g/mol. The Morgan fingerprint density at radius 2 is 1.39 bits per heavy atom. The van der Waals surface area contributed by atoms with Gasteiger partial charge in [0, 0.05) is 24.3 Å². The predicted molar refractivity (Wildman–Crippen MR) is 109 cm³/mol. The minimum absolute atomic E-state index is 0.165. The summed E-state index contributed by atoms with van der Waals surface area (Å²) in [5, 5.41) is 5.37. The van der Waals surface area contributed by atoms with Crippen molar-refractivity contribution >= 4 is 34.8 Å². The van der Waals surface area contributed by atoms with Crippen LogP contribution < -0.4 is 15.5 Å². The van der Waals surface area contributed by atoms with Crippen molar-refractivity contribution in [2.45, 2.75) is 39.5 Å². The molecule has 0 spiro atoms. The molecule has 3 amide bonds. The summed E-state index contributed by atoms with van der Waals surface area (Å²) in [6, 6.07) is 9.42. The highest BCUT2D eigenvalue weighted by Gasteiger charge is 2.30. The standard InChI is InChI=1S/C22H23N3O3/c1-13-8-14(2)10-17(9-13)23-21(27)22(28)24-18-11-15-4-3-7-25-19(26)6-5-16(12-18)20(15)25/h8-12H,3-7H2,1-2H3,(H,23,27)(H,24,28). The van der Waals surface area contributed by atoms with Crippen LogP contribution in [0.3, 0.4) is 0 Å². The number of anilines is 3. The second kappa shape index (κ2) is 7.11. The molecule has 2 aliphatic heterocycles. The average Bonchev–Trinajstić information content (AvgIpc) is 2.63. The molecule has 2 aliphatic rings. The molecule has 0 bridgehead atoms. The number of carbonyl (C=O) groups excluding carboxylic acids is 3. The zero-order valence-electron chi connectivity index (χ0n) is 16.1. The van der Waals surface area contributed by atoms with Gasteiger partial charge in [0.2, 0.25) is 5.91 Å². The van der Waals surface area contributed by atoms with Gasteiger partial charge >= 0.3 is 11.8 Å². The van der Waals surface area contributed by atoms with Gasteiger partial charge in [0.1, 0.15) is 0 Å². The molecule has 2 aromatic rings. The number of amides is 3. The van der Waals surface area contributed by atoms with E-state index >= 15 is 0 Å². The molecule has 2 N–H and O–H groups in total. The van der Waals surface area contributed by atoms with Gasteiger partial charge in [0.15, 0.2) is 0 Å². The van der Waals surface area contributed by atoms with Crippen LogP contribution >= 0.6 is 0 Å². The van der Waals surface area contributed by atoms with E-state index in [-0.39, 0.29) is 5.91 Å². The number of hydrogen-bond donors (Lipinski definition) is 2. The van der Waals surface area contributed by atoms with Crippen molar-refractivity contribution in [1.82, 2.24) is 0 Å². The maximum atomic E-state index is 12.4. The topological polar surface area (TPSA) is 78.5 Å². The smallest absolute Gasteiger partial charge is 0.314 e. The highest BCUT2D eigenvalue weighted by Crippen LogP contribution is 2.37. The van der Waals surface area contributed by atoms with Crippen LogP contribution in [0.2, 0.25) is 0 Å². The van der Waals surface area contributed by atoms with E-state index in [1.165, 1.54) is 0 Å². The van der Waals surface area contributed by atoms with Crippen LogP contribution in [0.5, 0.6) is 0 Å². The van der Waals surface area contributed by atoms with Crippen LogP contribution in [0.25, 0.3) is 0 Å². The zero-order valence-corrected chi connectivity index (χ0v) is 16.1. The van der Waals surface area contributed by atoms with Gasteiger partial charge in [-0.2, -0.15) is 0 Å². The molecule has 0 saturated carbocycles. The van der Waals surface area contributed by atoms with Crippen molar-refractivity contribution < 1.29 is 14.4 Å². The Labute approximate surface area is 163 Å². The maximum absolute atomic E-state index is 12.4. The van der Waals surface area contributed by atoms with Crippen LogP contribution in [0.15, 0.2) is 30.3 Å². The van der Waals surface area contributed by atoms with Gasteiger partial charge in [-0.15, -0.1) is 0 Å². The first-order valence-corrected chi connectivity index (χ1v) is 9.57. The number of rotatable bonds is 2. The lowest BCUT2D eigenvalue weighted by atomic mass is 9.91. The van der Waals surface area contributed by atoms with Gasteiger partial charge in [0.05, 0.1) is 5.69 Å². The molecule has 4 rings (SSSR count). The number of hydrogen-bond acceptors (Lipinski definition) is 3. The molecule has 0 aromatic heterocycles. The van der Waals surface area contributed by atoms with Crippen LogP contribution in [0.4, 0.5) is 17.1 Å². The SMILES string of the molecule is Cc1cc(C)cc(NC(=O)C(=O)Nc2cc3c4c(c2)CCC(=O)N4CCC3)c1. The molecule has 0 saturated heterocycles. The Hall–Kier alpha value is -3.15. The number of benzene rings is 2. The molecular weight excluding hydrogens is 354 g/mol. The van der Waals surface area contributed by atoms with E-state index in [9.17, 15) is 14.4 Å². The van der Waals surface area contributed by atoms with Crippen molar-refractivity contribution in [3.8, 4) is 0 Å². The number of carbonyl (C=O) groups is 3. The summed E-state index contributed by atoms with van der Waals surface area (Å²) in [5.74, 6) is -1.24. The molecule has 0 aliphatic carbocycles. The molecule has 6 heteroatoms. The molecule has 2 heterocycles. The van der Waals surface area contributed by atoms with Crippen molar-refractivity contribution in [1.29, 1.82) is 0 Å². The highest BCUT2D eigenvalue weighted by molar-refractivity contribution is 6.43. The Bertz CT molecular complexity index is 959. The summed E-state index contributed by atoms with van der Waals surface area (Å²) in [7, 11) is 0. The summed E-state index contributed by atoms with van der Waals surface area (Å²) in [4.78, 5) is 38.7. The van der Waals surface area contributed by atoms with Gasteiger partial charge in [-0.25, -0.2) is 0 Å². The van der Waals surface area contributed by atoms with E-state index in [2.05, 4.69) is 10.6 Å². The summed E-state index contributed by atoms with van der Waals surface area (Å²) in [6.07, 6.45) is 2.92. The fraction of sp³-hybridized carbons (Fsp3) is 0.318. The van der Waals surface area contributed by atoms with Crippen LogP contribution in [0, 0.1) is 13.8 Å². The average molecular weight is 377 g/mol. The fourth-order valence-corrected chi connectivity index (χ4v) is 4.15. The molecular formula is C22H23N3O3. The van der Waals surface area contributed by atoms with E-state index in [4.69, 9.17) is 0 Å². The summed E-state index contributed by atoms with van der Waals surface area (Å²) in [5.41, 5.74) is 6.36. The van der Waals surface area contributed by atoms with E-state index in [0.717, 1.165) is 47.3 Å². The Kier molecular flexibility index (Phi) is 4.63. The van der Waals surface area contributed by atoms with Crippen molar-refractivity contribution in [3.05, 3.63) is 52.6 Å². The molecule has 2 aromatic carbocycles. The number of nitrogens with one attached hydrogen (secondary N) is 2. The lowest BCUT2D eigenvalue weighted by Gasteiger charge is -2.35. The lowest BCUT2D eigenvalue weighted by molar-refractivity contribution is -0.133. The molecule has 0 radical (unpaired) electrons. The number of aryl methyl sites for hydroxylation is 4. The third-order valence-electron chi connectivity index (χ3n) is 5.22. The molecule has 144 valence electrons. The third-order valence-corrected chi connectivity index (χ3v) is 5.22. The minimum atomic E-state index is -0.703. The van der Waals surface area contributed by atoms with Crippen LogP contribution in [-0.4, -0.2) is 24.3 Å². The van der Waals surface area contributed by atoms with Gasteiger partial charge in [0.25, 0.3) is 0 Å². The Morgan fingerprint density at radius 1 is 0.821 bits per heavy atom. The first-order chi connectivity index (χ1) is 13.4. The summed E-state index contributed by atoms with van der Waals surface area (Å²) >= 11 is 0. The second-order valence-electron chi connectivity index (χ2n) is 7.58. The lowest BCUT2D eigenvalue weighted by Crippen LogP contribution is -2.39. The van der Waals surface area contributed by atoms with Crippen molar-refractivity contribution in [2.24, 2.45) is 0 Å². The van der Waals surface area contributed by atoms with Gasteiger partial charge < -0.3 is 15.5 Å². The second-order valence-corrected chi connectivity index (χ2v) is 7.58. The Balaban J connectivity index is 1.52. The first kappa shape index (κ1) is 18.2. The first-order valence-electron chi connectivity index (χ1n) is 9.57. The number of nitrogens with zero attached hydrogens (tertiary/aromatic N) is 1. The van der Waals surface area contributed by atoms with E-state index < -0.39 is 11.8 Å². The van der Waals surface area contributed by atoms with Gasteiger partial charge in [-0.05, 0) is 79.6 Å². The zero-order chi connectivity index (χ0) is 19.8. The van der Waals surface area contributed by atoms with E-state index in [1.54, 1.807) is 0 Å². The Morgan fingerprint density at radius 3 is 2.04 bits per heavy atom. The van der Waals surface area contributed by atoms with Crippen LogP contribution in [-0.2, 0) is 27.2 Å². The van der Waals surface area contributed by atoms with Gasteiger partial charge in [-0.1, -0.05) is 6.07 Å². The van der Waals surface area contributed by atoms with Crippen LogP contribution in [0.1, 0.15) is 35.1 Å². The van der Waals surface area contributed by atoms with Crippen molar-refractivity contribution in [3.63, 3.8) is 0 Å². The quantitative estimate of drug-likeness (QED) is 0.790. The molecule has 0 atom stereocenters. The normalized spacial score (nSPS) is 15.1. The van der Waals surface area contributed by atoms with E-state index in [0.29, 0.717) is 24.2 Å². The minimum Gasteiger partial charge on any atom is -0.318 e. The molecule has 0 unspecified atom stereocenters. The van der Waals surface area contributed by atoms with E-state index in [1.807, 2.05) is 49.1 Å². The maximum Gasteiger partial charge on any atom is 0.314 e. The fourth-order valence-electron chi connectivity index (χ4n) is 4.15. The molecule has 28 heavy (non-hydrogen) atoms. The molecule has 6 nitrogen and oxygen atoms in total. The van der Waals surface area contributed by atoms with Gasteiger partial charge in [-0.3, -0.25) is 14.4 Å². The summed E-state index contributed by atoms with van der Waals surface area (Å²) in [6.45, 7) is 4.63. The third kappa shape index (κ3) is 3.50. The highest BCUT2D eigenvalue weighted by atomic mass is 16.2. The molecule has 0 fully saturated rings. The summed E-state index contributed by atoms with van der Waals surface area (Å²) < 4.78 is 0. The largest absolute Gasteiger partial charge is 0.318 e.